The van der Waals surface area contributed by atoms with Gasteiger partial charge in [0, 0.05) is 12.8 Å². The fourth-order valence-corrected chi connectivity index (χ4v) is 2.05. The van der Waals surface area contributed by atoms with E-state index in [2.05, 4.69) is 0 Å². The second-order valence-electron chi connectivity index (χ2n) is 3.68. The molecule has 3 nitrogen and oxygen atoms in total. The van der Waals surface area contributed by atoms with Crippen LogP contribution in [0.3, 0.4) is 0 Å². The van der Waals surface area contributed by atoms with Crippen LogP contribution in [0.4, 0.5) is 0 Å². The van der Waals surface area contributed by atoms with Crippen LogP contribution in [0.25, 0.3) is 0 Å². The number of ether oxygens (including phenoxy) is 2. The molecule has 0 saturated carbocycles. The molecule has 0 unspecified atom stereocenters. The van der Waals surface area contributed by atoms with Gasteiger partial charge in [-0.1, -0.05) is 0 Å². The summed E-state index contributed by atoms with van der Waals surface area (Å²) in [5, 5.41) is 8.90. The Kier molecular flexibility index (Phi) is 2.35. The van der Waals surface area contributed by atoms with Crippen LogP contribution in [0.15, 0.2) is 0 Å². The zero-order valence-corrected chi connectivity index (χ0v) is 7.29. The Morgan fingerprint density at radius 2 is 2.25 bits per heavy atom. The highest BCUT2D eigenvalue weighted by molar-refractivity contribution is 4.83. The molecule has 0 bridgehead atoms. The molecule has 0 amide bonds. The van der Waals surface area contributed by atoms with Crippen LogP contribution in [0, 0.1) is 0 Å². The topological polar surface area (TPSA) is 38.7 Å². The SMILES string of the molecule is OC[C@@H]1CC[C@]2(CCCCO2)O1. The first-order valence-electron chi connectivity index (χ1n) is 4.77. The van der Waals surface area contributed by atoms with E-state index in [1.165, 1.54) is 6.42 Å². The molecule has 0 aromatic heterocycles. The Morgan fingerprint density at radius 1 is 1.33 bits per heavy atom. The summed E-state index contributed by atoms with van der Waals surface area (Å²) in [4.78, 5) is 0. The van der Waals surface area contributed by atoms with E-state index in [9.17, 15) is 0 Å². The summed E-state index contributed by atoms with van der Waals surface area (Å²) in [6.45, 7) is 0.948. The summed E-state index contributed by atoms with van der Waals surface area (Å²) in [5.74, 6) is -0.314. The van der Waals surface area contributed by atoms with Gasteiger partial charge in [-0.2, -0.15) is 0 Å². The molecule has 2 aliphatic heterocycles. The van der Waals surface area contributed by atoms with E-state index >= 15 is 0 Å². The van der Waals surface area contributed by atoms with E-state index in [0.717, 1.165) is 32.3 Å². The highest BCUT2D eigenvalue weighted by atomic mass is 16.7. The van der Waals surface area contributed by atoms with Crippen LogP contribution < -0.4 is 0 Å². The lowest BCUT2D eigenvalue weighted by Gasteiger charge is -2.33. The van der Waals surface area contributed by atoms with Crippen LogP contribution in [-0.4, -0.2) is 30.2 Å². The molecule has 70 valence electrons. The molecule has 12 heavy (non-hydrogen) atoms. The molecule has 0 aromatic carbocycles. The summed E-state index contributed by atoms with van der Waals surface area (Å²) >= 11 is 0. The summed E-state index contributed by atoms with van der Waals surface area (Å²) in [5.41, 5.74) is 0. The largest absolute Gasteiger partial charge is 0.394 e. The summed E-state index contributed by atoms with van der Waals surface area (Å²) in [6, 6.07) is 0. The van der Waals surface area contributed by atoms with E-state index < -0.39 is 0 Å². The van der Waals surface area contributed by atoms with Crippen molar-refractivity contribution < 1.29 is 14.6 Å². The lowest BCUT2D eigenvalue weighted by molar-refractivity contribution is -0.247. The molecule has 2 fully saturated rings. The quantitative estimate of drug-likeness (QED) is 0.642. The van der Waals surface area contributed by atoms with Crippen molar-refractivity contribution in [2.45, 2.75) is 44.0 Å². The summed E-state index contributed by atoms with van der Waals surface area (Å²) < 4.78 is 11.3. The van der Waals surface area contributed by atoms with Crippen LogP contribution in [0.1, 0.15) is 32.1 Å². The van der Waals surface area contributed by atoms with Crippen molar-refractivity contribution in [1.82, 2.24) is 0 Å². The van der Waals surface area contributed by atoms with Crippen LogP contribution in [0.5, 0.6) is 0 Å². The molecular formula is C9H16O3. The number of aliphatic hydroxyl groups is 1. The van der Waals surface area contributed by atoms with Gasteiger partial charge < -0.3 is 14.6 Å². The molecule has 2 rings (SSSR count). The molecule has 1 N–H and O–H groups in total. The third-order valence-corrected chi connectivity index (χ3v) is 2.75. The number of aliphatic hydroxyl groups excluding tert-OH is 1. The summed E-state index contributed by atoms with van der Waals surface area (Å²) in [6.07, 6.45) is 5.26. The molecule has 2 atom stereocenters. The van der Waals surface area contributed by atoms with Crippen molar-refractivity contribution in [3.63, 3.8) is 0 Å². The molecule has 0 aliphatic carbocycles. The maximum absolute atomic E-state index is 8.90. The van der Waals surface area contributed by atoms with Gasteiger partial charge in [0.15, 0.2) is 5.79 Å². The minimum Gasteiger partial charge on any atom is -0.394 e. The first kappa shape index (κ1) is 8.48. The molecule has 2 heterocycles. The number of hydrogen-bond acceptors (Lipinski definition) is 3. The maximum Gasteiger partial charge on any atom is 0.168 e. The second-order valence-corrected chi connectivity index (χ2v) is 3.68. The van der Waals surface area contributed by atoms with E-state index in [0.29, 0.717) is 0 Å². The van der Waals surface area contributed by atoms with Crippen molar-refractivity contribution in [3.05, 3.63) is 0 Å². The zero-order chi connectivity index (χ0) is 8.44. The van der Waals surface area contributed by atoms with Gasteiger partial charge in [0.05, 0.1) is 19.3 Å². The van der Waals surface area contributed by atoms with Crippen LogP contribution in [-0.2, 0) is 9.47 Å². The minimum atomic E-state index is -0.314. The smallest absolute Gasteiger partial charge is 0.168 e. The van der Waals surface area contributed by atoms with E-state index in [-0.39, 0.29) is 18.5 Å². The van der Waals surface area contributed by atoms with Crippen LogP contribution >= 0.6 is 0 Å². The number of hydrogen-bond donors (Lipinski definition) is 1. The van der Waals surface area contributed by atoms with Gasteiger partial charge in [-0.05, 0) is 19.3 Å². The van der Waals surface area contributed by atoms with E-state index in [1.54, 1.807) is 0 Å². The third-order valence-electron chi connectivity index (χ3n) is 2.75. The number of rotatable bonds is 1. The Bertz CT molecular complexity index is 152. The first-order valence-corrected chi connectivity index (χ1v) is 4.77. The monoisotopic (exact) mass is 172 g/mol. The molecular weight excluding hydrogens is 156 g/mol. The Morgan fingerprint density at radius 3 is 2.83 bits per heavy atom. The third kappa shape index (κ3) is 1.49. The van der Waals surface area contributed by atoms with Gasteiger partial charge in [-0.15, -0.1) is 0 Å². The van der Waals surface area contributed by atoms with Crippen molar-refractivity contribution in [1.29, 1.82) is 0 Å². The van der Waals surface area contributed by atoms with Crippen molar-refractivity contribution in [2.75, 3.05) is 13.2 Å². The van der Waals surface area contributed by atoms with E-state index in [4.69, 9.17) is 14.6 Å². The van der Waals surface area contributed by atoms with E-state index in [1.807, 2.05) is 0 Å². The van der Waals surface area contributed by atoms with Crippen molar-refractivity contribution in [3.8, 4) is 0 Å². The van der Waals surface area contributed by atoms with Crippen LogP contribution in [0.2, 0.25) is 0 Å². The minimum absolute atomic E-state index is 0.0168. The van der Waals surface area contributed by atoms with Gasteiger partial charge in [-0.25, -0.2) is 0 Å². The Balaban J connectivity index is 1.94. The highest BCUT2D eigenvalue weighted by Crippen LogP contribution is 2.38. The molecule has 0 aromatic rings. The highest BCUT2D eigenvalue weighted by Gasteiger charge is 2.41. The lowest BCUT2D eigenvalue weighted by Crippen LogP contribution is -2.36. The maximum atomic E-state index is 8.90. The predicted octanol–water partition coefficient (Wildman–Crippen LogP) is 1.05. The predicted molar refractivity (Wildman–Crippen MR) is 43.7 cm³/mol. The molecule has 0 radical (unpaired) electrons. The average Bonchev–Trinajstić information content (AvgIpc) is 2.50. The molecule has 2 aliphatic rings. The van der Waals surface area contributed by atoms with Gasteiger partial charge in [0.1, 0.15) is 0 Å². The first-order chi connectivity index (χ1) is 5.85. The van der Waals surface area contributed by atoms with Crippen molar-refractivity contribution in [2.24, 2.45) is 0 Å². The normalized spacial score (nSPS) is 42.2. The fraction of sp³-hybridized carbons (Fsp3) is 1.00. The second kappa shape index (κ2) is 3.32. The molecule has 3 heteroatoms. The van der Waals surface area contributed by atoms with Gasteiger partial charge in [0.25, 0.3) is 0 Å². The van der Waals surface area contributed by atoms with Gasteiger partial charge >= 0.3 is 0 Å². The molecule has 2 saturated heterocycles. The Hall–Kier alpha value is -0.120. The van der Waals surface area contributed by atoms with Crippen molar-refractivity contribution >= 4 is 0 Å². The zero-order valence-electron chi connectivity index (χ0n) is 7.29. The van der Waals surface area contributed by atoms with Gasteiger partial charge in [0.2, 0.25) is 0 Å². The fourth-order valence-electron chi connectivity index (χ4n) is 2.05. The van der Waals surface area contributed by atoms with Gasteiger partial charge in [-0.3, -0.25) is 0 Å². The molecule has 1 spiro atoms. The standard InChI is InChI=1S/C9H16O3/c10-7-8-3-5-9(12-8)4-1-2-6-11-9/h8,10H,1-7H2/t8-,9-/m0/s1. The lowest BCUT2D eigenvalue weighted by atomic mass is 10.0. The summed E-state index contributed by atoms with van der Waals surface area (Å²) in [7, 11) is 0. The Labute approximate surface area is 72.7 Å². The average molecular weight is 172 g/mol.